The van der Waals surface area contributed by atoms with Crippen LogP contribution in [0.1, 0.15) is 21.6 Å². The van der Waals surface area contributed by atoms with Gasteiger partial charge in [-0.25, -0.2) is 0 Å². The summed E-state index contributed by atoms with van der Waals surface area (Å²) in [7, 11) is 1.49. The van der Waals surface area contributed by atoms with E-state index in [-0.39, 0.29) is 31.5 Å². The van der Waals surface area contributed by atoms with E-state index in [2.05, 4.69) is 15.3 Å². The van der Waals surface area contributed by atoms with Gasteiger partial charge in [0.15, 0.2) is 0 Å². The van der Waals surface area contributed by atoms with Gasteiger partial charge in [-0.1, -0.05) is 12.1 Å². The number of ether oxygens (including phenoxy) is 2. The van der Waals surface area contributed by atoms with Gasteiger partial charge >= 0.3 is 6.18 Å². The highest BCUT2D eigenvalue weighted by molar-refractivity contribution is 5.92. The Hall–Kier alpha value is -2.88. The van der Waals surface area contributed by atoms with Crippen molar-refractivity contribution in [2.45, 2.75) is 12.6 Å². The molecule has 1 heterocycles. The van der Waals surface area contributed by atoms with Crippen LogP contribution in [0.2, 0.25) is 0 Å². The minimum absolute atomic E-state index is 0.104. The average molecular weight is 385 g/mol. The SMILES string of the molecule is COCCOc1nc(C(=O)NCCc2ccc(C(F)(F)F)cc2)cc(=O)[nH]1. The summed E-state index contributed by atoms with van der Waals surface area (Å²) >= 11 is 0. The van der Waals surface area contributed by atoms with Crippen LogP contribution in [0.25, 0.3) is 0 Å². The van der Waals surface area contributed by atoms with Gasteiger partial charge in [-0.3, -0.25) is 14.6 Å². The molecular weight excluding hydrogens is 367 g/mol. The van der Waals surface area contributed by atoms with Crippen LogP contribution in [0, 0.1) is 0 Å². The maximum absolute atomic E-state index is 12.5. The molecule has 7 nitrogen and oxygen atoms in total. The van der Waals surface area contributed by atoms with Gasteiger partial charge in [-0.05, 0) is 24.1 Å². The first-order chi connectivity index (χ1) is 12.8. The van der Waals surface area contributed by atoms with Crippen LogP contribution in [-0.2, 0) is 17.3 Å². The van der Waals surface area contributed by atoms with E-state index in [1.807, 2.05) is 0 Å². The van der Waals surface area contributed by atoms with Crippen LogP contribution in [0.5, 0.6) is 6.01 Å². The first-order valence-electron chi connectivity index (χ1n) is 7.97. The van der Waals surface area contributed by atoms with E-state index in [1.165, 1.54) is 19.2 Å². The number of halogens is 3. The molecule has 1 amide bonds. The summed E-state index contributed by atoms with van der Waals surface area (Å²) in [5, 5.41) is 2.56. The molecule has 1 aromatic carbocycles. The summed E-state index contributed by atoms with van der Waals surface area (Å²) in [6, 6.07) is 5.59. The van der Waals surface area contributed by atoms with Gasteiger partial charge in [0.05, 0.1) is 12.2 Å². The van der Waals surface area contributed by atoms with E-state index in [9.17, 15) is 22.8 Å². The summed E-state index contributed by atoms with van der Waals surface area (Å²) in [5.74, 6) is -0.593. The van der Waals surface area contributed by atoms with Crippen molar-refractivity contribution in [1.29, 1.82) is 0 Å². The van der Waals surface area contributed by atoms with Crippen molar-refractivity contribution < 1.29 is 27.4 Å². The van der Waals surface area contributed by atoms with E-state index in [4.69, 9.17) is 9.47 Å². The molecule has 0 atom stereocenters. The van der Waals surface area contributed by atoms with Gasteiger partial charge in [0.1, 0.15) is 12.3 Å². The minimum Gasteiger partial charge on any atom is -0.462 e. The average Bonchev–Trinajstić information content (AvgIpc) is 2.61. The number of hydrogen-bond acceptors (Lipinski definition) is 5. The second-order valence-electron chi connectivity index (χ2n) is 5.48. The van der Waals surface area contributed by atoms with Crippen molar-refractivity contribution in [3.05, 3.63) is 57.5 Å². The first-order valence-corrected chi connectivity index (χ1v) is 7.97. The number of nitrogens with zero attached hydrogens (tertiary/aromatic N) is 1. The molecule has 0 spiro atoms. The van der Waals surface area contributed by atoms with Gasteiger partial charge in [-0.2, -0.15) is 18.2 Å². The second kappa shape index (κ2) is 9.17. The largest absolute Gasteiger partial charge is 0.462 e. The lowest BCUT2D eigenvalue weighted by Crippen LogP contribution is -2.28. The molecule has 0 aliphatic rings. The molecule has 0 saturated carbocycles. The first kappa shape index (κ1) is 20.4. The van der Waals surface area contributed by atoms with Crippen molar-refractivity contribution >= 4 is 5.91 Å². The van der Waals surface area contributed by atoms with E-state index < -0.39 is 23.2 Å². The molecule has 0 radical (unpaired) electrons. The van der Waals surface area contributed by atoms with E-state index in [0.29, 0.717) is 12.0 Å². The molecular formula is C17H18F3N3O4. The number of methoxy groups -OCH3 is 1. The van der Waals surface area contributed by atoms with Crippen molar-refractivity contribution in [2.24, 2.45) is 0 Å². The molecule has 2 rings (SSSR count). The van der Waals surface area contributed by atoms with Crippen LogP contribution in [0.15, 0.2) is 35.1 Å². The highest BCUT2D eigenvalue weighted by Gasteiger charge is 2.29. The lowest BCUT2D eigenvalue weighted by Gasteiger charge is -2.09. The molecule has 146 valence electrons. The Morgan fingerprint density at radius 2 is 1.93 bits per heavy atom. The fourth-order valence-electron chi connectivity index (χ4n) is 2.11. The van der Waals surface area contributed by atoms with Crippen LogP contribution < -0.4 is 15.6 Å². The molecule has 0 saturated heterocycles. The van der Waals surface area contributed by atoms with E-state index in [1.54, 1.807) is 0 Å². The van der Waals surface area contributed by atoms with Gasteiger partial charge in [0.2, 0.25) is 0 Å². The van der Waals surface area contributed by atoms with E-state index >= 15 is 0 Å². The number of carbonyl (C=O) groups is 1. The number of amides is 1. The van der Waals surface area contributed by atoms with Crippen molar-refractivity contribution in [1.82, 2.24) is 15.3 Å². The Balaban J connectivity index is 1.91. The number of benzene rings is 1. The molecule has 0 aliphatic carbocycles. The van der Waals surface area contributed by atoms with E-state index in [0.717, 1.165) is 18.2 Å². The monoisotopic (exact) mass is 385 g/mol. The standard InChI is InChI=1S/C17H18F3N3O4/c1-26-8-9-27-16-22-13(10-14(24)23-16)15(25)21-7-6-11-2-4-12(5-3-11)17(18,19)20/h2-5,10H,6-9H2,1H3,(H,21,25)(H,22,23,24). The molecule has 2 N–H and O–H groups in total. The molecule has 27 heavy (non-hydrogen) atoms. The van der Waals surface area contributed by atoms with Crippen LogP contribution >= 0.6 is 0 Å². The predicted octanol–water partition coefficient (Wildman–Crippen LogP) is 1.79. The highest BCUT2D eigenvalue weighted by Crippen LogP contribution is 2.29. The zero-order valence-electron chi connectivity index (χ0n) is 14.4. The van der Waals surface area contributed by atoms with Gasteiger partial charge < -0.3 is 14.8 Å². The summed E-state index contributed by atoms with van der Waals surface area (Å²) in [4.78, 5) is 29.9. The number of hydrogen-bond donors (Lipinski definition) is 2. The minimum atomic E-state index is -4.39. The Morgan fingerprint density at radius 3 is 2.56 bits per heavy atom. The normalized spacial score (nSPS) is 11.3. The number of nitrogens with one attached hydrogen (secondary N) is 2. The number of rotatable bonds is 8. The molecule has 2 aromatic rings. The smallest absolute Gasteiger partial charge is 0.416 e. The number of H-pyrrole nitrogens is 1. The fraction of sp³-hybridized carbons (Fsp3) is 0.353. The fourth-order valence-corrected chi connectivity index (χ4v) is 2.11. The maximum atomic E-state index is 12.5. The van der Waals surface area contributed by atoms with Crippen molar-refractivity contribution in [2.75, 3.05) is 26.9 Å². The Morgan fingerprint density at radius 1 is 1.22 bits per heavy atom. The topological polar surface area (TPSA) is 93.3 Å². The lowest BCUT2D eigenvalue weighted by atomic mass is 10.1. The molecule has 0 bridgehead atoms. The molecule has 10 heteroatoms. The molecule has 0 unspecified atom stereocenters. The Labute approximate surface area is 152 Å². The second-order valence-corrected chi connectivity index (χ2v) is 5.48. The number of carbonyl (C=O) groups excluding carboxylic acids is 1. The summed E-state index contributed by atoms with van der Waals surface area (Å²) in [6.07, 6.45) is -4.06. The Kier molecular flexibility index (Phi) is 6.94. The quantitative estimate of drug-likeness (QED) is 0.676. The highest BCUT2D eigenvalue weighted by atomic mass is 19.4. The zero-order chi connectivity index (χ0) is 19.9. The van der Waals surface area contributed by atoms with Crippen molar-refractivity contribution in [3.63, 3.8) is 0 Å². The summed E-state index contributed by atoms with van der Waals surface area (Å²) < 4.78 is 47.5. The summed E-state index contributed by atoms with van der Waals surface area (Å²) in [5.41, 5.74) is -0.779. The van der Waals surface area contributed by atoms with Crippen molar-refractivity contribution in [3.8, 4) is 6.01 Å². The van der Waals surface area contributed by atoms with Crippen LogP contribution in [-0.4, -0.2) is 42.7 Å². The third-order valence-corrected chi connectivity index (χ3v) is 3.46. The molecule has 0 aliphatic heterocycles. The maximum Gasteiger partial charge on any atom is 0.416 e. The number of aromatic amines is 1. The third-order valence-electron chi connectivity index (χ3n) is 3.46. The lowest BCUT2D eigenvalue weighted by molar-refractivity contribution is -0.137. The van der Waals surface area contributed by atoms with Gasteiger partial charge in [-0.15, -0.1) is 0 Å². The van der Waals surface area contributed by atoms with Gasteiger partial charge in [0, 0.05) is 19.7 Å². The van der Waals surface area contributed by atoms with Gasteiger partial charge in [0.25, 0.3) is 17.5 Å². The third kappa shape index (κ3) is 6.41. The zero-order valence-corrected chi connectivity index (χ0v) is 14.4. The molecule has 0 fully saturated rings. The summed E-state index contributed by atoms with van der Waals surface area (Å²) in [6.45, 7) is 0.601. The molecule has 1 aromatic heterocycles. The predicted molar refractivity (Wildman–Crippen MR) is 89.7 cm³/mol. The number of alkyl halides is 3. The van der Waals surface area contributed by atoms with Crippen LogP contribution in [0.4, 0.5) is 13.2 Å². The van der Waals surface area contributed by atoms with Crippen LogP contribution in [0.3, 0.4) is 0 Å². The number of aromatic nitrogens is 2. The Bertz CT molecular complexity index is 819.